The topological polar surface area (TPSA) is 217 Å². The fourth-order valence-corrected chi connectivity index (χ4v) is 4.11. The first-order chi connectivity index (χ1) is 18.6. The summed E-state index contributed by atoms with van der Waals surface area (Å²) in [7, 11) is 0. The van der Waals surface area contributed by atoms with Crippen LogP contribution in [-0.4, -0.2) is 88.0 Å². The van der Waals surface area contributed by atoms with E-state index >= 15 is 0 Å². The summed E-state index contributed by atoms with van der Waals surface area (Å²) in [6.45, 7) is 10.3. The average molecular weight is 590 g/mol. The molecule has 230 valence electrons. The van der Waals surface area contributed by atoms with Crippen LogP contribution in [0.25, 0.3) is 0 Å². The van der Waals surface area contributed by atoms with Gasteiger partial charge in [-0.25, -0.2) is 4.79 Å². The largest absolute Gasteiger partial charge is 0.481 e. The van der Waals surface area contributed by atoms with Crippen molar-refractivity contribution in [3.05, 3.63) is 0 Å². The average Bonchev–Trinajstić information content (AvgIpc) is 2.88. The van der Waals surface area contributed by atoms with Crippen molar-refractivity contribution in [1.29, 1.82) is 0 Å². The molecule has 4 amide bonds. The maximum atomic E-state index is 13.3. The van der Waals surface area contributed by atoms with E-state index in [1.165, 1.54) is 11.8 Å². The minimum atomic E-state index is -1.26. The van der Waals surface area contributed by atoms with Crippen LogP contribution in [0.4, 0.5) is 0 Å². The van der Waals surface area contributed by atoms with Gasteiger partial charge in [-0.2, -0.15) is 11.8 Å². The Kier molecular flexibility index (Phi) is 17.1. The molecular weight excluding hydrogens is 542 g/mol. The van der Waals surface area contributed by atoms with Crippen molar-refractivity contribution in [3.63, 3.8) is 0 Å². The van der Waals surface area contributed by atoms with Gasteiger partial charge < -0.3 is 37.2 Å². The van der Waals surface area contributed by atoms with Gasteiger partial charge in [0, 0.05) is 6.42 Å². The van der Waals surface area contributed by atoms with Crippen LogP contribution in [0.1, 0.15) is 67.2 Å². The van der Waals surface area contributed by atoms with Gasteiger partial charge in [-0.05, 0) is 42.6 Å². The van der Waals surface area contributed by atoms with Crippen LogP contribution >= 0.6 is 11.8 Å². The molecule has 0 aliphatic rings. The summed E-state index contributed by atoms with van der Waals surface area (Å²) in [5.74, 6) is -5.63. The molecule has 0 aromatic rings. The molecule has 6 atom stereocenters. The Morgan fingerprint density at radius 3 is 1.62 bits per heavy atom. The van der Waals surface area contributed by atoms with Crippen LogP contribution < -0.4 is 27.0 Å². The van der Waals surface area contributed by atoms with Crippen molar-refractivity contribution in [2.24, 2.45) is 23.5 Å². The first-order valence-corrected chi connectivity index (χ1v) is 14.9. The van der Waals surface area contributed by atoms with Crippen LogP contribution in [0.15, 0.2) is 0 Å². The standard InChI is InChI=1S/C26H47N5O8S/c1-8-15(6)19(27)23(35)28-16(9-10-18(32)33)22(34)30-21(14(4)5)25(37)31-20(13(2)3)24(36)29-17(26(38)39)11-12-40-7/h13-17,19-21H,8-12,27H2,1-7H3,(H,28,35)(H,29,36)(H,30,34)(H,31,37)(H,32,33)(H,38,39). The van der Waals surface area contributed by atoms with Crippen molar-refractivity contribution >= 4 is 47.3 Å². The van der Waals surface area contributed by atoms with E-state index in [0.717, 1.165) is 0 Å². The lowest BCUT2D eigenvalue weighted by Crippen LogP contribution is -2.60. The molecule has 14 heteroatoms. The van der Waals surface area contributed by atoms with Gasteiger partial charge in [0.25, 0.3) is 0 Å². The molecule has 0 fully saturated rings. The number of hydrogen-bond acceptors (Lipinski definition) is 8. The molecule has 8 N–H and O–H groups in total. The van der Waals surface area contributed by atoms with Crippen molar-refractivity contribution in [3.8, 4) is 0 Å². The second kappa shape index (κ2) is 18.5. The van der Waals surface area contributed by atoms with E-state index < -0.39 is 84.0 Å². The van der Waals surface area contributed by atoms with Crippen LogP contribution in [0, 0.1) is 17.8 Å². The number of carboxylic acids is 2. The van der Waals surface area contributed by atoms with E-state index in [1.54, 1.807) is 34.6 Å². The molecule has 0 radical (unpaired) electrons. The molecule has 0 saturated heterocycles. The predicted molar refractivity (Wildman–Crippen MR) is 152 cm³/mol. The van der Waals surface area contributed by atoms with E-state index in [2.05, 4.69) is 21.3 Å². The Morgan fingerprint density at radius 2 is 1.20 bits per heavy atom. The monoisotopic (exact) mass is 589 g/mol. The lowest BCUT2D eigenvalue weighted by molar-refractivity contribution is -0.142. The third-order valence-corrected chi connectivity index (χ3v) is 7.20. The van der Waals surface area contributed by atoms with Gasteiger partial charge in [0.05, 0.1) is 6.04 Å². The normalized spacial score (nSPS) is 15.8. The first kappa shape index (κ1) is 37.1. The molecule has 0 aliphatic heterocycles. The number of carboxylic acid groups (broad SMARTS) is 2. The first-order valence-electron chi connectivity index (χ1n) is 13.5. The predicted octanol–water partition coefficient (Wildman–Crippen LogP) is 0.314. The smallest absolute Gasteiger partial charge is 0.326 e. The van der Waals surface area contributed by atoms with Crippen LogP contribution in [0.3, 0.4) is 0 Å². The second-order valence-electron chi connectivity index (χ2n) is 10.5. The highest BCUT2D eigenvalue weighted by Gasteiger charge is 2.34. The van der Waals surface area contributed by atoms with Gasteiger partial charge in [0.1, 0.15) is 24.2 Å². The fourth-order valence-electron chi connectivity index (χ4n) is 3.64. The highest BCUT2D eigenvalue weighted by molar-refractivity contribution is 7.98. The quantitative estimate of drug-likeness (QED) is 0.109. The van der Waals surface area contributed by atoms with Crippen LogP contribution in [-0.2, 0) is 28.8 Å². The molecule has 13 nitrogen and oxygen atoms in total. The zero-order chi connectivity index (χ0) is 31.2. The van der Waals surface area contributed by atoms with Crippen molar-refractivity contribution in [2.75, 3.05) is 12.0 Å². The van der Waals surface area contributed by atoms with Gasteiger partial charge in [0.2, 0.25) is 23.6 Å². The number of amides is 4. The number of hydrogen-bond donors (Lipinski definition) is 7. The zero-order valence-corrected chi connectivity index (χ0v) is 25.3. The lowest BCUT2D eigenvalue weighted by atomic mass is 9.97. The summed E-state index contributed by atoms with van der Waals surface area (Å²) >= 11 is 1.44. The number of carbonyl (C=O) groups is 6. The van der Waals surface area contributed by atoms with E-state index in [1.807, 2.05) is 13.2 Å². The summed E-state index contributed by atoms with van der Waals surface area (Å²) in [4.78, 5) is 74.7. The summed E-state index contributed by atoms with van der Waals surface area (Å²) < 4.78 is 0. The van der Waals surface area contributed by atoms with Crippen molar-refractivity contribution < 1.29 is 39.0 Å². The number of thioether (sulfide) groups is 1. The fraction of sp³-hybridized carbons (Fsp3) is 0.769. The molecule has 0 aromatic carbocycles. The molecule has 0 spiro atoms. The molecule has 40 heavy (non-hydrogen) atoms. The summed E-state index contributed by atoms with van der Waals surface area (Å²) in [5.41, 5.74) is 5.96. The van der Waals surface area contributed by atoms with Gasteiger partial charge in [-0.3, -0.25) is 24.0 Å². The van der Waals surface area contributed by atoms with Crippen LogP contribution in [0.2, 0.25) is 0 Å². The Labute approximate surface area is 240 Å². The van der Waals surface area contributed by atoms with E-state index in [4.69, 9.17) is 10.8 Å². The van der Waals surface area contributed by atoms with Gasteiger partial charge in [-0.1, -0.05) is 48.0 Å². The summed E-state index contributed by atoms with van der Waals surface area (Å²) in [5, 5.41) is 28.7. The van der Waals surface area contributed by atoms with Crippen LogP contribution in [0.5, 0.6) is 0 Å². The molecule has 0 bridgehead atoms. The highest BCUT2D eigenvalue weighted by atomic mass is 32.2. The van der Waals surface area contributed by atoms with Crippen molar-refractivity contribution in [1.82, 2.24) is 21.3 Å². The number of nitrogens with two attached hydrogens (primary N) is 1. The van der Waals surface area contributed by atoms with E-state index in [9.17, 15) is 33.9 Å². The maximum absolute atomic E-state index is 13.3. The number of rotatable bonds is 19. The van der Waals surface area contributed by atoms with Gasteiger partial charge in [0.15, 0.2) is 0 Å². The van der Waals surface area contributed by atoms with Gasteiger partial charge >= 0.3 is 11.9 Å². The van der Waals surface area contributed by atoms with E-state index in [0.29, 0.717) is 12.2 Å². The molecule has 0 aliphatic carbocycles. The van der Waals surface area contributed by atoms with Crippen molar-refractivity contribution in [2.45, 2.75) is 97.4 Å². The number of nitrogens with one attached hydrogen (secondary N) is 4. The third-order valence-electron chi connectivity index (χ3n) is 6.56. The molecule has 0 saturated carbocycles. The molecular formula is C26H47N5O8S. The number of aliphatic carboxylic acids is 2. The Bertz CT molecular complexity index is 885. The SMILES string of the molecule is CCC(C)C(N)C(=O)NC(CCC(=O)O)C(=O)NC(C(=O)NC(C(=O)NC(CCSC)C(=O)O)C(C)C)C(C)C. The van der Waals surface area contributed by atoms with Gasteiger partial charge in [-0.15, -0.1) is 0 Å². The molecule has 0 aromatic heterocycles. The molecule has 0 heterocycles. The zero-order valence-electron chi connectivity index (χ0n) is 24.5. The summed E-state index contributed by atoms with van der Waals surface area (Å²) in [6.07, 6.45) is 2.00. The Balaban J connectivity index is 5.74. The second-order valence-corrected chi connectivity index (χ2v) is 11.5. The molecule has 0 rings (SSSR count). The Hall–Kier alpha value is -2.87. The molecule has 6 unspecified atom stereocenters. The minimum Gasteiger partial charge on any atom is -0.481 e. The highest BCUT2D eigenvalue weighted by Crippen LogP contribution is 2.11. The minimum absolute atomic E-state index is 0.182. The number of carbonyl (C=O) groups excluding carboxylic acids is 4. The lowest BCUT2D eigenvalue weighted by Gasteiger charge is -2.29. The Morgan fingerprint density at radius 1 is 0.725 bits per heavy atom. The van der Waals surface area contributed by atoms with E-state index in [-0.39, 0.29) is 18.8 Å². The maximum Gasteiger partial charge on any atom is 0.326 e. The third kappa shape index (κ3) is 13.0. The summed E-state index contributed by atoms with van der Waals surface area (Å²) in [6, 6.07) is -5.52.